The lowest BCUT2D eigenvalue weighted by molar-refractivity contribution is -0.113. The monoisotopic (exact) mass is 368 g/mol. The summed E-state index contributed by atoms with van der Waals surface area (Å²) in [5.74, 6) is 1.67. The van der Waals surface area contributed by atoms with Crippen LogP contribution >= 0.6 is 11.8 Å². The second-order valence-corrected chi connectivity index (χ2v) is 7.14. The number of nitrogens with one attached hydrogen (secondary N) is 1. The van der Waals surface area contributed by atoms with Crippen molar-refractivity contribution in [3.05, 3.63) is 54.0 Å². The molecule has 2 heterocycles. The van der Waals surface area contributed by atoms with Gasteiger partial charge in [-0.15, -0.1) is 0 Å². The number of anilines is 1. The Labute approximate surface area is 156 Å². The van der Waals surface area contributed by atoms with Crippen LogP contribution in [0, 0.1) is 6.92 Å². The molecule has 0 spiro atoms. The molecule has 3 rings (SSSR count). The largest absolute Gasteiger partial charge is 0.334 e. The van der Waals surface area contributed by atoms with Crippen molar-refractivity contribution in [2.24, 2.45) is 0 Å². The Morgan fingerprint density at radius 3 is 2.77 bits per heavy atom. The van der Waals surface area contributed by atoms with Crippen LogP contribution < -0.4 is 5.32 Å². The normalized spacial score (nSPS) is 10.9. The molecule has 0 aliphatic rings. The fourth-order valence-corrected chi connectivity index (χ4v) is 2.96. The zero-order valence-corrected chi connectivity index (χ0v) is 15.7. The molecular weight excluding hydrogens is 348 g/mol. The maximum Gasteiger partial charge on any atom is 0.259 e. The van der Waals surface area contributed by atoms with Gasteiger partial charge in [0.25, 0.3) is 5.89 Å². The molecule has 0 saturated carbocycles. The second kappa shape index (κ2) is 8.14. The minimum absolute atomic E-state index is 0.0608. The highest BCUT2D eigenvalue weighted by atomic mass is 32.2. The van der Waals surface area contributed by atoms with E-state index in [2.05, 4.69) is 40.4 Å². The molecule has 0 fully saturated rings. The number of amides is 1. The summed E-state index contributed by atoms with van der Waals surface area (Å²) in [5.41, 5.74) is 2.77. The third kappa shape index (κ3) is 4.70. The average molecular weight is 368 g/mol. The number of nitrogens with zero attached hydrogens (tertiary/aromatic N) is 3. The van der Waals surface area contributed by atoms with E-state index in [1.807, 2.05) is 30.3 Å². The molecular formula is C19H20N4O2S. The van der Waals surface area contributed by atoms with E-state index >= 15 is 0 Å². The molecule has 0 atom stereocenters. The third-order valence-corrected chi connectivity index (χ3v) is 4.64. The maximum absolute atomic E-state index is 12.2. The summed E-state index contributed by atoms with van der Waals surface area (Å²) < 4.78 is 5.11. The highest BCUT2D eigenvalue weighted by Gasteiger charge is 2.09. The standard InChI is InChI=1S/C19H20N4O2S/c1-12(2)14-5-4-6-16(9-14)22-17(24)11-26-18-8-7-15(10-20-18)19-21-13(3)23-25-19/h4-10,12H,11H2,1-3H3,(H,22,24). The Hall–Kier alpha value is -2.67. The van der Waals surface area contributed by atoms with Crippen molar-refractivity contribution in [1.29, 1.82) is 0 Å². The molecule has 7 heteroatoms. The quantitative estimate of drug-likeness (QED) is 0.654. The van der Waals surface area contributed by atoms with Crippen LogP contribution in [0.2, 0.25) is 0 Å². The number of rotatable bonds is 6. The lowest BCUT2D eigenvalue weighted by atomic mass is 10.0. The lowest BCUT2D eigenvalue weighted by Crippen LogP contribution is -2.14. The summed E-state index contributed by atoms with van der Waals surface area (Å²) in [5, 5.41) is 7.45. The smallest absolute Gasteiger partial charge is 0.259 e. The first kappa shape index (κ1) is 18.1. The first-order valence-electron chi connectivity index (χ1n) is 8.30. The van der Waals surface area contributed by atoms with Crippen LogP contribution in [0.4, 0.5) is 5.69 Å². The Kier molecular flexibility index (Phi) is 5.68. The number of carbonyl (C=O) groups is 1. The Balaban J connectivity index is 1.55. The molecule has 26 heavy (non-hydrogen) atoms. The predicted molar refractivity (Wildman–Crippen MR) is 102 cm³/mol. The third-order valence-electron chi connectivity index (χ3n) is 3.70. The molecule has 2 aromatic heterocycles. The van der Waals surface area contributed by atoms with Gasteiger partial charge in [-0.05, 0) is 42.7 Å². The van der Waals surface area contributed by atoms with Crippen molar-refractivity contribution in [2.45, 2.75) is 31.7 Å². The molecule has 134 valence electrons. The summed E-state index contributed by atoms with van der Waals surface area (Å²) in [4.78, 5) is 20.7. The number of carbonyl (C=O) groups excluding carboxylic acids is 1. The van der Waals surface area contributed by atoms with E-state index in [-0.39, 0.29) is 11.7 Å². The molecule has 0 aliphatic carbocycles. The molecule has 6 nitrogen and oxygen atoms in total. The van der Waals surface area contributed by atoms with Gasteiger partial charge in [-0.25, -0.2) is 4.98 Å². The molecule has 3 aromatic rings. The SMILES string of the molecule is Cc1noc(-c2ccc(SCC(=O)Nc3cccc(C(C)C)c3)nc2)n1. The van der Waals surface area contributed by atoms with Gasteiger partial charge in [-0.3, -0.25) is 4.79 Å². The average Bonchev–Trinajstić information content (AvgIpc) is 3.07. The minimum atomic E-state index is -0.0608. The summed E-state index contributed by atoms with van der Waals surface area (Å²) >= 11 is 1.38. The molecule has 0 saturated heterocycles. The summed E-state index contributed by atoms with van der Waals surface area (Å²) in [6.07, 6.45) is 1.67. The summed E-state index contributed by atoms with van der Waals surface area (Å²) in [6, 6.07) is 11.6. The van der Waals surface area contributed by atoms with Crippen LogP contribution in [0.3, 0.4) is 0 Å². The van der Waals surface area contributed by atoms with Gasteiger partial charge < -0.3 is 9.84 Å². The van der Waals surface area contributed by atoms with Gasteiger partial charge in [0.1, 0.15) is 0 Å². The van der Waals surface area contributed by atoms with Gasteiger partial charge in [0, 0.05) is 11.9 Å². The highest BCUT2D eigenvalue weighted by molar-refractivity contribution is 7.99. The van der Waals surface area contributed by atoms with Gasteiger partial charge in [-0.1, -0.05) is 42.9 Å². The van der Waals surface area contributed by atoms with Crippen LogP contribution in [0.15, 0.2) is 52.1 Å². The number of thioether (sulfide) groups is 1. The molecule has 1 N–H and O–H groups in total. The zero-order valence-electron chi connectivity index (χ0n) is 14.9. The van der Waals surface area contributed by atoms with Crippen molar-refractivity contribution < 1.29 is 9.32 Å². The van der Waals surface area contributed by atoms with E-state index in [4.69, 9.17) is 4.52 Å². The van der Waals surface area contributed by atoms with Crippen LogP contribution in [0.25, 0.3) is 11.5 Å². The van der Waals surface area contributed by atoms with Crippen molar-refractivity contribution >= 4 is 23.4 Å². The van der Waals surface area contributed by atoms with Crippen LogP contribution in [-0.2, 0) is 4.79 Å². The van der Waals surface area contributed by atoms with E-state index < -0.39 is 0 Å². The first-order valence-corrected chi connectivity index (χ1v) is 9.29. The van der Waals surface area contributed by atoms with Crippen molar-refractivity contribution in [1.82, 2.24) is 15.1 Å². The van der Waals surface area contributed by atoms with Gasteiger partial charge >= 0.3 is 0 Å². The van der Waals surface area contributed by atoms with Crippen molar-refractivity contribution in [2.75, 3.05) is 11.1 Å². The van der Waals surface area contributed by atoms with Crippen molar-refractivity contribution in [3.8, 4) is 11.5 Å². The molecule has 0 radical (unpaired) electrons. The molecule has 1 amide bonds. The Morgan fingerprint density at radius 2 is 2.12 bits per heavy atom. The maximum atomic E-state index is 12.2. The summed E-state index contributed by atoms with van der Waals surface area (Å²) in [7, 11) is 0. The number of aromatic nitrogens is 3. The summed E-state index contributed by atoms with van der Waals surface area (Å²) in [6.45, 7) is 6.02. The van der Waals surface area contributed by atoms with Gasteiger partial charge in [0.15, 0.2) is 5.82 Å². The highest BCUT2D eigenvalue weighted by Crippen LogP contribution is 2.22. The van der Waals surface area contributed by atoms with E-state index in [0.29, 0.717) is 17.6 Å². The van der Waals surface area contributed by atoms with Crippen LogP contribution in [-0.4, -0.2) is 26.8 Å². The first-order chi connectivity index (χ1) is 12.5. The molecule has 1 aromatic carbocycles. The number of aryl methyl sites for hydroxylation is 1. The van der Waals surface area contributed by atoms with Crippen molar-refractivity contribution in [3.63, 3.8) is 0 Å². The minimum Gasteiger partial charge on any atom is -0.334 e. The number of hydrogen-bond donors (Lipinski definition) is 1. The number of pyridine rings is 1. The Morgan fingerprint density at radius 1 is 1.27 bits per heavy atom. The number of hydrogen-bond acceptors (Lipinski definition) is 6. The molecule has 0 unspecified atom stereocenters. The topological polar surface area (TPSA) is 80.9 Å². The van der Waals surface area contributed by atoms with Crippen LogP contribution in [0.5, 0.6) is 0 Å². The van der Waals surface area contributed by atoms with E-state index in [9.17, 15) is 4.79 Å². The lowest BCUT2D eigenvalue weighted by Gasteiger charge is -2.09. The fraction of sp³-hybridized carbons (Fsp3) is 0.263. The van der Waals surface area contributed by atoms with E-state index in [1.54, 1.807) is 13.1 Å². The van der Waals surface area contributed by atoms with Gasteiger partial charge in [0.2, 0.25) is 5.91 Å². The fourth-order valence-electron chi connectivity index (χ4n) is 2.32. The van der Waals surface area contributed by atoms with E-state index in [0.717, 1.165) is 16.3 Å². The van der Waals surface area contributed by atoms with Crippen LogP contribution in [0.1, 0.15) is 31.2 Å². The predicted octanol–water partition coefficient (Wildman–Crippen LogP) is 4.29. The van der Waals surface area contributed by atoms with E-state index in [1.165, 1.54) is 17.3 Å². The molecule has 0 bridgehead atoms. The molecule has 0 aliphatic heterocycles. The van der Waals surface area contributed by atoms with Gasteiger partial charge in [-0.2, -0.15) is 4.98 Å². The zero-order chi connectivity index (χ0) is 18.5. The number of benzene rings is 1. The Bertz CT molecular complexity index is 891. The second-order valence-electron chi connectivity index (χ2n) is 6.15. The van der Waals surface area contributed by atoms with Gasteiger partial charge in [0.05, 0.1) is 16.3 Å².